The highest BCUT2D eigenvalue weighted by molar-refractivity contribution is 9.12. The van der Waals surface area contributed by atoms with Crippen LogP contribution in [0.4, 0.5) is 43.9 Å². The van der Waals surface area contributed by atoms with Crippen molar-refractivity contribution in [3.8, 4) is 0 Å². The van der Waals surface area contributed by atoms with Crippen LogP contribution in [0.25, 0.3) is 0 Å². The Morgan fingerprint density at radius 3 is 0.941 bits per heavy atom. The molecule has 0 saturated heterocycles. The molecule has 17 heavy (non-hydrogen) atoms. The second kappa shape index (κ2) is 4.14. The van der Waals surface area contributed by atoms with E-state index < -0.39 is 27.4 Å². The van der Waals surface area contributed by atoms with Crippen molar-refractivity contribution >= 4 is 31.9 Å². The molecule has 2 unspecified atom stereocenters. The smallest absolute Gasteiger partial charge is 0.219 e. The zero-order valence-corrected chi connectivity index (χ0v) is 10.2. The van der Waals surface area contributed by atoms with Crippen LogP contribution in [0, 0.1) is 0 Å². The SMILES string of the molecule is FC(F)(F)C(F)(F)C(F)(Br)C(F)(Br)C(F)(F)F. The van der Waals surface area contributed by atoms with Gasteiger partial charge in [0.05, 0.1) is 0 Å². The Bertz CT molecular complexity index is 258. The number of hydrogen-bond donors (Lipinski definition) is 0. The van der Waals surface area contributed by atoms with Crippen molar-refractivity contribution in [2.24, 2.45) is 0 Å². The lowest BCUT2D eigenvalue weighted by atomic mass is 10.1. The van der Waals surface area contributed by atoms with E-state index in [-0.39, 0.29) is 0 Å². The molecule has 104 valence electrons. The van der Waals surface area contributed by atoms with Gasteiger partial charge in [0.1, 0.15) is 0 Å². The first kappa shape index (κ1) is 17.3. The van der Waals surface area contributed by atoms with Gasteiger partial charge in [0, 0.05) is 0 Å². The molecule has 0 heterocycles. The third-order valence-electron chi connectivity index (χ3n) is 1.50. The molecule has 0 aliphatic rings. The summed E-state index contributed by atoms with van der Waals surface area (Å²) in [5, 5.41) is 0. The average molecular weight is 410 g/mol. The summed E-state index contributed by atoms with van der Waals surface area (Å²) in [5.74, 6) is -6.62. The van der Waals surface area contributed by atoms with Gasteiger partial charge in [0.15, 0.2) is 0 Å². The summed E-state index contributed by atoms with van der Waals surface area (Å²) in [4.78, 5) is 0. The Labute approximate surface area is 104 Å². The van der Waals surface area contributed by atoms with E-state index in [4.69, 9.17) is 0 Å². The summed E-state index contributed by atoms with van der Waals surface area (Å²) >= 11 is 1.68. The number of hydrogen-bond acceptors (Lipinski definition) is 0. The highest BCUT2D eigenvalue weighted by Gasteiger charge is 2.83. The lowest BCUT2D eigenvalue weighted by Crippen LogP contribution is -2.63. The van der Waals surface area contributed by atoms with Crippen molar-refractivity contribution in [2.45, 2.75) is 27.4 Å². The van der Waals surface area contributed by atoms with Gasteiger partial charge in [-0.05, 0) is 31.9 Å². The fourth-order valence-electron chi connectivity index (χ4n) is 0.553. The number of alkyl halides is 12. The summed E-state index contributed by atoms with van der Waals surface area (Å²) in [6.07, 6.45) is -13.1. The molecule has 0 N–H and O–H groups in total. The van der Waals surface area contributed by atoms with Crippen LogP contribution in [0.1, 0.15) is 0 Å². The van der Waals surface area contributed by atoms with Crippen LogP contribution in [0.15, 0.2) is 0 Å². The lowest BCUT2D eigenvalue weighted by Gasteiger charge is -2.37. The first-order valence-corrected chi connectivity index (χ1v) is 4.85. The van der Waals surface area contributed by atoms with E-state index in [0.717, 1.165) is 31.9 Å². The van der Waals surface area contributed by atoms with Crippen molar-refractivity contribution in [2.75, 3.05) is 0 Å². The van der Waals surface area contributed by atoms with E-state index in [2.05, 4.69) is 0 Å². The molecule has 0 aromatic carbocycles. The van der Waals surface area contributed by atoms with Gasteiger partial charge in [-0.3, -0.25) is 0 Å². The average Bonchev–Trinajstić information content (AvgIpc) is 1.98. The Morgan fingerprint density at radius 2 is 0.765 bits per heavy atom. The molecular weight excluding hydrogens is 410 g/mol. The molecule has 0 spiro atoms. The van der Waals surface area contributed by atoms with Crippen molar-refractivity contribution in [1.82, 2.24) is 0 Å². The third-order valence-corrected chi connectivity index (χ3v) is 4.07. The molecule has 0 nitrogen and oxygen atoms in total. The third kappa shape index (κ3) is 2.51. The minimum Gasteiger partial charge on any atom is -0.219 e. The highest BCUT2D eigenvalue weighted by atomic mass is 79.9. The van der Waals surface area contributed by atoms with Crippen molar-refractivity contribution < 1.29 is 43.9 Å². The van der Waals surface area contributed by atoms with Gasteiger partial charge < -0.3 is 0 Å². The predicted molar refractivity (Wildman–Crippen MR) is 42.6 cm³/mol. The van der Waals surface area contributed by atoms with Crippen LogP contribution in [0.3, 0.4) is 0 Å². The molecule has 0 radical (unpaired) electrons. The maximum Gasteiger partial charge on any atom is 0.457 e. The highest BCUT2D eigenvalue weighted by Crippen LogP contribution is 2.61. The van der Waals surface area contributed by atoms with E-state index in [1.807, 2.05) is 0 Å². The van der Waals surface area contributed by atoms with Crippen LogP contribution in [-0.2, 0) is 0 Å². The first-order chi connectivity index (χ1) is 7.00. The summed E-state index contributed by atoms with van der Waals surface area (Å²) in [7, 11) is 0. The van der Waals surface area contributed by atoms with Crippen LogP contribution >= 0.6 is 31.9 Å². The minimum atomic E-state index is -6.72. The quantitative estimate of drug-likeness (QED) is 0.451. The zero-order valence-electron chi connectivity index (χ0n) is 7.04. The van der Waals surface area contributed by atoms with Gasteiger partial charge in [0.25, 0.3) is 4.58 Å². The van der Waals surface area contributed by atoms with Gasteiger partial charge in [-0.25, -0.2) is 8.78 Å². The molecule has 2 atom stereocenters. The van der Waals surface area contributed by atoms with Crippen molar-refractivity contribution in [3.63, 3.8) is 0 Å². The van der Waals surface area contributed by atoms with Crippen LogP contribution in [0.5, 0.6) is 0 Å². The molecular formula is C5Br2F10. The topological polar surface area (TPSA) is 0 Å². The molecule has 0 rings (SSSR count). The largest absolute Gasteiger partial charge is 0.457 e. The maximum absolute atomic E-state index is 12.9. The van der Waals surface area contributed by atoms with Crippen molar-refractivity contribution in [3.05, 3.63) is 0 Å². The fraction of sp³-hybridized carbons (Fsp3) is 1.00. The van der Waals surface area contributed by atoms with E-state index in [9.17, 15) is 43.9 Å². The second-order valence-electron chi connectivity index (χ2n) is 2.72. The molecule has 12 heteroatoms. The van der Waals surface area contributed by atoms with E-state index in [1.165, 1.54) is 0 Å². The Hall–Kier alpha value is 0.260. The second-order valence-corrected chi connectivity index (χ2v) is 4.90. The summed E-state index contributed by atoms with van der Waals surface area (Å²) in [5.41, 5.74) is 0. The van der Waals surface area contributed by atoms with Crippen LogP contribution in [-0.4, -0.2) is 27.4 Å². The fourth-order valence-corrected chi connectivity index (χ4v) is 1.25. The summed E-state index contributed by atoms with van der Waals surface area (Å²) < 4.78 is 110. The Balaban J connectivity index is 5.73. The molecule has 0 fully saturated rings. The van der Waals surface area contributed by atoms with E-state index in [1.54, 1.807) is 0 Å². The number of rotatable bonds is 2. The Kier molecular flexibility index (Phi) is 4.20. The zero-order chi connectivity index (χ0) is 14.5. The van der Waals surface area contributed by atoms with E-state index >= 15 is 0 Å². The molecule has 0 aliphatic carbocycles. The van der Waals surface area contributed by atoms with Crippen LogP contribution in [0.2, 0.25) is 0 Å². The minimum absolute atomic E-state index is 0.818. The first-order valence-electron chi connectivity index (χ1n) is 3.27. The monoisotopic (exact) mass is 408 g/mol. The molecule has 0 aromatic rings. The molecule has 0 bridgehead atoms. The van der Waals surface area contributed by atoms with Gasteiger partial charge >= 0.3 is 22.9 Å². The van der Waals surface area contributed by atoms with Gasteiger partial charge in [-0.1, -0.05) is 0 Å². The molecule has 0 aliphatic heterocycles. The van der Waals surface area contributed by atoms with Crippen molar-refractivity contribution in [1.29, 1.82) is 0 Å². The maximum atomic E-state index is 12.9. The summed E-state index contributed by atoms with van der Waals surface area (Å²) in [6.45, 7) is 0. The predicted octanol–water partition coefficient (Wildman–Crippen LogP) is 4.87. The van der Waals surface area contributed by atoms with Crippen LogP contribution < -0.4 is 0 Å². The summed E-state index contributed by atoms with van der Waals surface area (Å²) in [6, 6.07) is 0. The van der Waals surface area contributed by atoms with Gasteiger partial charge in [-0.15, -0.1) is 0 Å². The van der Waals surface area contributed by atoms with E-state index in [0.29, 0.717) is 0 Å². The molecule has 0 amide bonds. The Morgan fingerprint density at radius 1 is 0.471 bits per heavy atom. The number of halogens is 12. The molecule has 0 aromatic heterocycles. The standard InChI is InChI=1S/C5Br2F10/c6-1(8,2(7,9)4(12,13)14)3(10,11)5(15,16)17. The van der Waals surface area contributed by atoms with Gasteiger partial charge in [0.2, 0.25) is 0 Å². The van der Waals surface area contributed by atoms with Gasteiger partial charge in [-0.2, -0.15) is 35.1 Å². The normalized spacial score (nSPS) is 21.9. The lowest BCUT2D eigenvalue weighted by molar-refractivity contribution is -0.336. The molecule has 0 saturated carbocycles.